The van der Waals surface area contributed by atoms with Crippen molar-refractivity contribution in [2.24, 2.45) is 5.73 Å². The molecule has 0 heterocycles. The van der Waals surface area contributed by atoms with Crippen LogP contribution < -0.4 is 5.73 Å². The predicted molar refractivity (Wildman–Crippen MR) is 79.4 cm³/mol. The van der Waals surface area contributed by atoms with Crippen LogP contribution in [-0.2, 0) is 11.2 Å². The number of Topliss-reactive ketones (excluding diaryl/α,β-unsaturated/α-hetero) is 1. The van der Waals surface area contributed by atoms with Crippen molar-refractivity contribution in [1.82, 2.24) is 0 Å². The number of carbonyl (C=O) groups excluding carboxylic acids is 2. The number of nitrogens with two attached hydrogens (primary N) is 1. The second kappa shape index (κ2) is 6.15. The summed E-state index contributed by atoms with van der Waals surface area (Å²) in [6, 6.07) is 15.3. The number of primary amides is 1. The van der Waals surface area contributed by atoms with Crippen molar-refractivity contribution in [3.63, 3.8) is 0 Å². The van der Waals surface area contributed by atoms with Crippen molar-refractivity contribution in [2.75, 3.05) is 0 Å². The number of carbonyl (C=O) groups is 2. The second-order valence-corrected chi connectivity index (χ2v) is 4.84. The zero-order valence-electron chi connectivity index (χ0n) is 11.4. The smallest absolute Gasteiger partial charge is 0.248 e. The van der Waals surface area contributed by atoms with Crippen LogP contribution in [-0.4, -0.2) is 11.7 Å². The maximum atomic E-state index is 11.0. The summed E-state index contributed by atoms with van der Waals surface area (Å²) < 4.78 is 0. The van der Waals surface area contributed by atoms with Crippen LogP contribution in [0.1, 0.15) is 29.3 Å². The van der Waals surface area contributed by atoms with Crippen LogP contribution in [0.4, 0.5) is 0 Å². The van der Waals surface area contributed by atoms with E-state index in [0.29, 0.717) is 12.0 Å². The van der Waals surface area contributed by atoms with E-state index >= 15 is 0 Å². The molecule has 20 heavy (non-hydrogen) atoms. The number of ketones is 1. The Morgan fingerprint density at radius 3 is 1.85 bits per heavy atom. The molecule has 3 nitrogen and oxygen atoms in total. The number of aryl methyl sites for hydroxylation is 1. The van der Waals surface area contributed by atoms with Gasteiger partial charge in [0, 0.05) is 12.0 Å². The fourth-order valence-electron chi connectivity index (χ4n) is 2.01. The van der Waals surface area contributed by atoms with Crippen LogP contribution >= 0.6 is 0 Å². The van der Waals surface area contributed by atoms with Crippen LogP contribution in [0.15, 0.2) is 48.5 Å². The molecule has 0 spiro atoms. The van der Waals surface area contributed by atoms with Crippen molar-refractivity contribution in [3.05, 3.63) is 59.7 Å². The standard InChI is InChI=1S/C17H17NO2/c1-12(19)2-3-13-4-6-14(7-5-13)15-8-10-16(11-9-15)17(18)20/h4-11H,2-3H2,1H3,(H2,18,20). The van der Waals surface area contributed by atoms with Gasteiger partial charge in [0.15, 0.2) is 0 Å². The molecule has 3 heteroatoms. The van der Waals surface area contributed by atoms with E-state index in [1.807, 2.05) is 36.4 Å². The molecule has 0 saturated carbocycles. The minimum Gasteiger partial charge on any atom is -0.366 e. The molecular weight excluding hydrogens is 250 g/mol. The summed E-state index contributed by atoms with van der Waals surface area (Å²) in [6.45, 7) is 1.61. The van der Waals surface area contributed by atoms with Gasteiger partial charge in [-0.15, -0.1) is 0 Å². The molecule has 0 bridgehead atoms. The quantitative estimate of drug-likeness (QED) is 0.905. The fourth-order valence-corrected chi connectivity index (χ4v) is 2.01. The predicted octanol–water partition coefficient (Wildman–Crippen LogP) is 2.97. The highest BCUT2D eigenvalue weighted by Crippen LogP contribution is 2.20. The Bertz CT molecular complexity index is 612. The average Bonchev–Trinajstić information content (AvgIpc) is 2.46. The van der Waals surface area contributed by atoms with E-state index in [2.05, 4.69) is 0 Å². The first-order valence-electron chi connectivity index (χ1n) is 6.55. The van der Waals surface area contributed by atoms with E-state index in [0.717, 1.165) is 23.1 Å². The minimum absolute atomic E-state index is 0.205. The summed E-state index contributed by atoms with van der Waals surface area (Å²) in [4.78, 5) is 22.0. The van der Waals surface area contributed by atoms with Gasteiger partial charge in [-0.25, -0.2) is 0 Å². The molecule has 0 aliphatic heterocycles. The Morgan fingerprint density at radius 2 is 1.40 bits per heavy atom. The lowest BCUT2D eigenvalue weighted by Gasteiger charge is -2.05. The Morgan fingerprint density at radius 1 is 0.900 bits per heavy atom. The topological polar surface area (TPSA) is 60.2 Å². The van der Waals surface area contributed by atoms with Crippen molar-refractivity contribution in [2.45, 2.75) is 19.8 Å². The molecule has 0 radical (unpaired) electrons. The van der Waals surface area contributed by atoms with Crippen LogP contribution in [0.5, 0.6) is 0 Å². The maximum absolute atomic E-state index is 11.0. The highest BCUT2D eigenvalue weighted by molar-refractivity contribution is 5.93. The van der Waals surface area contributed by atoms with Gasteiger partial charge in [-0.3, -0.25) is 4.79 Å². The van der Waals surface area contributed by atoms with E-state index in [4.69, 9.17) is 5.73 Å². The Balaban J connectivity index is 2.13. The third-order valence-electron chi connectivity index (χ3n) is 3.22. The lowest BCUT2D eigenvalue weighted by molar-refractivity contribution is -0.116. The van der Waals surface area contributed by atoms with Crippen molar-refractivity contribution in [3.8, 4) is 11.1 Å². The van der Waals surface area contributed by atoms with Gasteiger partial charge < -0.3 is 10.5 Å². The molecule has 0 aliphatic rings. The van der Waals surface area contributed by atoms with Gasteiger partial charge in [-0.05, 0) is 42.2 Å². The molecule has 0 aliphatic carbocycles. The zero-order valence-corrected chi connectivity index (χ0v) is 11.4. The first-order valence-corrected chi connectivity index (χ1v) is 6.55. The van der Waals surface area contributed by atoms with Gasteiger partial charge >= 0.3 is 0 Å². The number of hydrogen-bond donors (Lipinski definition) is 1. The van der Waals surface area contributed by atoms with E-state index in [9.17, 15) is 9.59 Å². The molecule has 0 fully saturated rings. The summed E-state index contributed by atoms with van der Waals surface area (Å²) in [5.74, 6) is -0.216. The molecule has 0 atom stereocenters. The zero-order chi connectivity index (χ0) is 14.5. The van der Waals surface area contributed by atoms with Crippen molar-refractivity contribution < 1.29 is 9.59 Å². The summed E-state index contributed by atoms with van der Waals surface area (Å²) >= 11 is 0. The van der Waals surface area contributed by atoms with Gasteiger partial charge in [0.1, 0.15) is 5.78 Å². The Labute approximate surface area is 118 Å². The largest absolute Gasteiger partial charge is 0.366 e. The fraction of sp³-hybridized carbons (Fsp3) is 0.176. The van der Waals surface area contributed by atoms with Gasteiger partial charge in [0.05, 0.1) is 0 Å². The van der Waals surface area contributed by atoms with Crippen LogP contribution in [0.3, 0.4) is 0 Å². The molecule has 102 valence electrons. The summed E-state index contributed by atoms with van der Waals surface area (Å²) in [6.07, 6.45) is 1.35. The number of amides is 1. The third-order valence-corrected chi connectivity index (χ3v) is 3.22. The third kappa shape index (κ3) is 3.54. The number of rotatable bonds is 5. The molecular formula is C17H17NO2. The van der Waals surface area contributed by atoms with E-state index in [-0.39, 0.29) is 5.78 Å². The highest BCUT2D eigenvalue weighted by atomic mass is 16.1. The SMILES string of the molecule is CC(=O)CCc1ccc(-c2ccc(C(N)=O)cc2)cc1. The van der Waals surface area contributed by atoms with E-state index in [1.54, 1.807) is 19.1 Å². The maximum Gasteiger partial charge on any atom is 0.248 e. The summed E-state index contributed by atoms with van der Waals surface area (Å²) in [5, 5.41) is 0. The minimum atomic E-state index is -0.420. The number of benzene rings is 2. The lowest BCUT2D eigenvalue weighted by atomic mass is 10.0. The molecule has 2 aromatic carbocycles. The van der Waals surface area contributed by atoms with E-state index < -0.39 is 5.91 Å². The summed E-state index contributed by atoms with van der Waals surface area (Å²) in [5.41, 5.74) is 8.98. The molecule has 1 amide bonds. The van der Waals surface area contributed by atoms with Crippen LogP contribution in [0.2, 0.25) is 0 Å². The Kier molecular flexibility index (Phi) is 4.31. The van der Waals surface area contributed by atoms with Crippen LogP contribution in [0, 0.1) is 0 Å². The van der Waals surface area contributed by atoms with Gasteiger partial charge in [-0.1, -0.05) is 36.4 Å². The van der Waals surface area contributed by atoms with Gasteiger partial charge in [-0.2, -0.15) is 0 Å². The second-order valence-electron chi connectivity index (χ2n) is 4.84. The van der Waals surface area contributed by atoms with Gasteiger partial charge in [0.2, 0.25) is 5.91 Å². The molecule has 2 rings (SSSR count). The summed E-state index contributed by atoms with van der Waals surface area (Å²) in [7, 11) is 0. The molecule has 0 unspecified atom stereocenters. The first-order chi connectivity index (χ1) is 9.56. The monoisotopic (exact) mass is 267 g/mol. The van der Waals surface area contributed by atoms with Crippen LogP contribution in [0.25, 0.3) is 11.1 Å². The normalized spacial score (nSPS) is 10.2. The molecule has 2 aromatic rings. The van der Waals surface area contributed by atoms with Crippen molar-refractivity contribution >= 4 is 11.7 Å². The van der Waals surface area contributed by atoms with Crippen molar-refractivity contribution in [1.29, 1.82) is 0 Å². The highest BCUT2D eigenvalue weighted by Gasteiger charge is 2.02. The lowest BCUT2D eigenvalue weighted by Crippen LogP contribution is -2.10. The molecule has 0 saturated heterocycles. The average molecular weight is 267 g/mol. The molecule has 2 N–H and O–H groups in total. The van der Waals surface area contributed by atoms with E-state index in [1.165, 1.54) is 0 Å². The Hall–Kier alpha value is -2.42. The van der Waals surface area contributed by atoms with Gasteiger partial charge in [0.25, 0.3) is 0 Å². The first kappa shape index (κ1) is 14.0. The number of hydrogen-bond acceptors (Lipinski definition) is 2. The molecule has 0 aromatic heterocycles.